The van der Waals surface area contributed by atoms with Gasteiger partial charge in [0.25, 0.3) is 0 Å². The van der Waals surface area contributed by atoms with Crippen LogP contribution in [0.4, 0.5) is 4.39 Å². The maximum atomic E-state index is 13.2. The normalized spacial score (nSPS) is 13.5. The molecule has 2 N–H and O–H groups in total. The fourth-order valence-electron chi connectivity index (χ4n) is 2.28. The molecule has 2 nitrogen and oxygen atoms in total. The van der Waals surface area contributed by atoms with E-state index in [1.807, 2.05) is 6.20 Å². The van der Waals surface area contributed by atoms with E-state index < -0.39 is 0 Å². The van der Waals surface area contributed by atoms with Gasteiger partial charge in [-0.05, 0) is 37.1 Å². The summed E-state index contributed by atoms with van der Waals surface area (Å²) >= 11 is 0. The second-order valence-electron chi connectivity index (χ2n) is 4.93. The Hall–Kier alpha value is -1.35. The van der Waals surface area contributed by atoms with Crippen LogP contribution in [0.15, 0.2) is 24.4 Å². The van der Waals surface area contributed by atoms with Crippen LogP contribution in [0.3, 0.4) is 0 Å². The second-order valence-corrected chi connectivity index (χ2v) is 4.93. The van der Waals surface area contributed by atoms with Crippen molar-refractivity contribution in [2.24, 2.45) is 0 Å². The molecule has 0 radical (unpaired) electrons. The first-order valence-electron chi connectivity index (χ1n) is 6.08. The molecule has 0 bridgehead atoms. The highest BCUT2D eigenvalue weighted by Crippen LogP contribution is 2.20. The van der Waals surface area contributed by atoms with Gasteiger partial charge in [0.05, 0.1) is 0 Å². The monoisotopic (exact) mass is 234 g/mol. The SMILES string of the molecule is CC(C)NC(C)Cc1c[nH]c2ccc(F)cc12. The number of nitrogens with one attached hydrogen (secondary N) is 2. The van der Waals surface area contributed by atoms with E-state index in [0.717, 1.165) is 17.3 Å². The number of fused-ring (bicyclic) bond motifs is 1. The number of hydrogen-bond donors (Lipinski definition) is 2. The molecular weight excluding hydrogens is 215 g/mol. The summed E-state index contributed by atoms with van der Waals surface area (Å²) in [5.41, 5.74) is 2.17. The molecule has 3 heteroatoms. The number of H-pyrrole nitrogens is 1. The largest absolute Gasteiger partial charge is 0.361 e. The van der Waals surface area contributed by atoms with Crippen LogP contribution < -0.4 is 5.32 Å². The molecule has 0 amide bonds. The highest BCUT2D eigenvalue weighted by molar-refractivity contribution is 5.83. The lowest BCUT2D eigenvalue weighted by molar-refractivity contribution is 0.488. The minimum atomic E-state index is -0.178. The molecule has 0 aliphatic rings. The first kappa shape index (κ1) is 12.1. The molecule has 17 heavy (non-hydrogen) atoms. The predicted octanol–water partition coefficient (Wildman–Crippen LogP) is 3.24. The van der Waals surface area contributed by atoms with Gasteiger partial charge < -0.3 is 10.3 Å². The third-order valence-electron chi connectivity index (χ3n) is 2.87. The van der Waals surface area contributed by atoms with Crippen molar-refractivity contribution in [1.82, 2.24) is 10.3 Å². The van der Waals surface area contributed by atoms with Gasteiger partial charge in [0, 0.05) is 29.2 Å². The average Bonchev–Trinajstić information content (AvgIpc) is 2.60. The zero-order chi connectivity index (χ0) is 12.4. The van der Waals surface area contributed by atoms with Crippen molar-refractivity contribution in [1.29, 1.82) is 0 Å². The molecule has 0 aliphatic carbocycles. The number of aromatic amines is 1. The molecular formula is C14H19FN2. The van der Waals surface area contributed by atoms with Gasteiger partial charge in [-0.3, -0.25) is 0 Å². The van der Waals surface area contributed by atoms with Gasteiger partial charge in [0.1, 0.15) is 5.82 Å². The summed E-state index contributed by atoms with van der Waals surface area (Å²) in [6.07, 6.45) is 2.88. The van der Waals surface area contributed by atoms with Crippen LogP contribution in [0.25, 0.3) is 10.9 Å². The van der Waals surface area contributed by atoms with Crippen molar-refractivity contribution in [3.8, 4) is 0 Å². The lowest BCUT2D eigenvalue weighted by Gasteiger charge is -2.16. The minimum absolute atomic E-state index is 0.178. The van der Waals surface area contributed by atoms with Crippen LogP contribution >= 0.6 is 0 Å². The Morgan fingerprint density at radius 2 is 2.06 bits per heavy atom. The highest BCUT2D eigenvalue weighted by atomic mass is 19.1. The van der Waals surface area contributed by atoms with E-state index in [2.05, 4.69) is 31.1 Å². The first-order chi connectivity index (χ1) is 8.06. The lowest BCUT2D eigenvalue weighted by Crippen LogP contribution is -2.33. The van der Waals surface area contributed by atoms with E-state index in [1.165, 1.54) is 11.6 Å². The summed E-state index contributed by atoms with van der Waals surface area (Å²) in [6, 6.07) is 5.72. The number of rotatable bonds is 4. The Morgan fingerprint density at radius 3 is 2.76 bits per heavy atom. The molecule has 0 saturated carbocycles. The van der Waals surface area contributed by atoms with Crippen LogP contribution in [0, 0.1) is 5.82 Å². The van der Waals surface area contributed by atoms with Crippen LogP contribution in [0.1, 0.15) is 26.3 Å². The van der Waals surface area contributed by atoms with Crippen LogP contribution in [0.2, 0.25) is 0 Å². The van der Waals surface area contributed by atoms with Gasteiger partial charge in [-0.2, -0.15) is 0 Å². The fraction of sp³-hybridized carbons (Fsp3) is 0.429. The Kier molecular flexibility index (Phi) is 3.48. The second kappa shape index (κ2) is 4.88. The maximum absolute atomic E-state index is 13.2. The summed E-state index contributed by atoms with van der Waals surface area (Å²) in [4.78, 5) is 3.18. The van der Waals surface area contributed by atoms with E-state index in [0.29, 0.717) is 12.1 Å². The number of halogens is 1. The van der Waals surface area contributed by atoms with Gasteiger partial charge >= 0.3 is 0 Å². The molecule has 1 atom stereocenters. The van der Waals surface area contributed by atoms with Gasteiger partial charge in [0.15, 0.2) is 0 Å². The molecule has 1 unspecified atom stereocenters. The topological polar surface area (TPSA) is 27.8 Å². The molecule has 0 spiro atoms. The molecule has 1 heterocycles. The van der Waals surface area contributed by atoms with Crippen LogP contribution in [0.5, 0.6) is 0 Å². The molecule has 1 aromatic carbocycles. The van der Waals surface area contributed by atoms with Gasteiger partial charge in [-0.25, -0.2) is 4.39 Å². The van der Waals surface area contributed by atoms with Gasteiger partial charge in [-0.15, -0.1) is 0 Å². The van der Waals surface area contributed by atoms with Crippen molar-refractivity contribution in [2.45, 2.75) is 39.3 Å². The summed E-state index contributed by atoms with van der Waals surface area (Å²) in [5.74, 6) is -0.178. The smallest absolute Gasteiger partial charge is 0.123 e. The Balaban J connectivity index is 2.21. The molecule has 1 aromatic heterocycles. The quantitative estimate of drug-likeness (QED) is 0.835. The molecule has 92 valence electrons. The van der Waals surface area contributed by atoms with Crippen molar-refractivity contribution in [2.75, 3.05) is 0 Å². The van der Waals surface area contributed by atoms with E-state index in [-0.39, 0.29) is 5.82 Å². The fourth-order valence-corrected chi connectivity index (χ4v) is 2.28. The van der Waals surface area contributed by atoms with E-state index in [9.17, 15) is 4.39 Å². The van der Waals surface area contributed by atoms with E-state index >= 15 is 0 Å². The lowest BCUT2D eigenvalue weighted by atomic mass is 10.1. The Bertz CT molecular complexity index is 502. The van der Waals surface area contributed by atoms with Crippen LogP contribution in [-0.2, 0) is 6.42 Å². The number of benzene rings is 1. The van der Waals surface area contributed by atoms with E-state index in [1.54, 1.807) is 12.1 Å². The van der Waals surface area contributed by atoms with Crippen LogP contribution in [-0.4, -0.2) is 17.1 Å². The van der Waals surface area contributed by atoms with Crippen molar-refractivity contribution >= 4 is 10.9 Å². The molecule has 0 saturated heterocycles. The Labute approximate surface area is 101 Å². The van der Waals surface area contributed by atoms with E-state index in [4.69, 9.17) is 0 Å². The predicted molar refractivity (Wildman–Crippen MR) is 69.7 cm³/mol. The molecule has 2 rings (SSSR count). The van der Waals surface area contributed by atoms with Crippen molar-refractivity contribution in [3.63, 3.8) is 0 Å². The van der Waals surface area contributed by atoms with Gasteiger partial charge in [-0.1, -0.05) is 13.8 Å². The third-order valence-corrected chi connectivity index (χ3v) is 2.87. The summed E-state index contributed by atoms with van der Waals surface area (Å²) in [5, 5.41) is 4.44. The number of hydrogen-bond acceptors (Lipinski definition) is 1. The number of aromatic nitrogens is 1. The Morgan fingerprint density at radius 1 is 1.29 bits per heavy atom. The third kappa shape index (κ3) is 2.86. The zero-order valence-electron chi connectivity index (χ0n) is 10.5. The molecule has 0 aliphatic heterocycles. The minimum Gasteiger partial charge on any atom is -0.361 e. The van der Waals surface area contributed by atoms with Crippen molar-refractivity contribution in [3.05, 3.63) is 35.8 Å². The van der Waals surface area contributed by atoms with Crippen molar-refractivity contribution < 1.29 is 4.39 Å². The standard InChI is InChI=1S/C14H19FN2/c1-9(2)17-10(3)6-11-8-16-14-5-4-12(15)7-13(11)14/h4-5,7-10,16-17H,6H2,1-3H3. The van der Waals surface area contributed by atoms with Gasteiger partial charge in [0.2, 0.25) is 0 Å². The maximum Gasteiger partial charge on any atom is 0.123 e. The first-order valence-corrected chi connectivity index (χ1v) is 6.08. The highest BCUT2D eigenvalue weighted by Gasteiger charge is 2.09. The summed E-state index contributed by atoms with van der Waals surface area (Å²) in [6.45, 7) is 6.41. The summed E-state index contributed by atoms with van der Waals surface area (Å²) < 4.78 is 13.2. The zero-order valence-corrected chi connectivity index (χ0v) is 10.5. The summed E-state index contributed by atoms with van der Waals surface area (Å²) in [7, 11) is 0. The molecule has 0 fully saturated rings. The molecule has 2 aromatic rings. The average molecular weight is 234 g/mol.